The van der Waals surface area contributed by atoms with Gasteiger partial charge in [-0.3, -0.25) is 0 Å². The molecule has 0 radical (unpaired) electrons. The van der Waals surface area contributed by atoms with Crippen molar-refractivity contribution in [3.8, 4) is 12.0 Å². The highest BCUT2D eigenvalue weighted by Gasteiger charge is 2.16. The van der Waals surface area contributed by atoms with E-state index in [1.54, 1.807) is 18.5 Å². The lowest BCUT2D eigenvalue weighted by Gasteiger charge is -2.21. The average molecular weight is 276 g/mol. The summed E-state index contributed by atoms with van der Waals surface area (Å²) in [6.45, 7) is 2.13. The standard InChI is InChI=1S/C12H16N6O2/c13-10-15-11(18-5-1-4-14-18)17-12(16-10)20-8-9-2-6-19-7-3-9/h1,4-5,9H,2-3,6-8H2,(H2,13,15,16,17). The zero-order valence-electron chi connectivity index (χ0n) is 11.0. The molecule has 0 bridgehead atoms. The summed E-state index contributed by atoms with van der Waals surface area (Å²) >= 11 is 0. The molecule has 0 amide bonds. The summed E-state index contributed by atoms with van der Waals surface area (Å²) in [5.41, 5.74) is 5.67. The normalized spacial score (nSPS) is 16.2. The summed E-state index contributed by atoms with van der Waals surface area (Å²) in [5.74, 6) is 0.937. The molecule has 20 heavy (non-hydrogen) atoms. The van der Waals surface area contributed by atoms with E-state index in [1.165, 1.54) is 4.68 Å². The number of hydrogen-bond donors (Lipinski definition) is 1. The van der Waals surface area contributed by atoms with Gasteiger partial charge in [-0.05, 0) is 24.8 Å². The van der Waals surface area contributed by atoms with Crippen molar-refractivity contribution in [3.05, 3.63) is 18.5 Å². The van der Waals surface area contributed by atoms with Gasteiger partial charge in [0, 0.05) is 25.6 Å². The van der Waals surface area contributed by atoms with Crippen LogP contribution in [0.5, 0.6) is 6.01 Å². The molecule has 2 aromatic rings. The molecule has 106 valence electrons. The maximum Gasteiger partial charge on any atom is 0.323 e. The van der Waals surface area contributed by atoms with Gasteiger partial charge in [-0.25, -0.2) is 4.68 Å². The molecular weight excluding hydrogens is 260 g/mol. The number of aromatic nitrogens is 5. The van der Waals surface area contributed by atoms with Gasteiger partial charge in [-0.2, -0.15) is 20.1 Å². The minimum absolute atomic E-state index is 0.118. The Kier molecular flexibility index (Phi) is 3.73. The van der Waals surface area contributed by atoms with Crippen molar-refractivity contribution in [2.45, 2.75) is 12.8 Å². The molecule has 0 aliphatic carbocycles. The summed E-state index contributed by atoms with van der Waals surface area (Å²) in [7, 11) is 0. The minimum Gasteiger partial charge on any atom is -0.463 e. The number of nitrogens with zero attached hydrogens (tertiary/aromatic N) is 5. The first kappa shape index (κ1) is 12.8. The molecule has 1 fully saturated rings. The zero-order valence-corrected chi connectivity index (χ0v) is 11.0. The third-order valence-corrected chi connectivity index (χ3v) is 3.12. The third kappa shape index (κ3) is 3.02. The Morgan fingerprint density at radius 3 is 2.90 bits per heavy atom. The topological polar surface area (TPSA) is 101 Å². The van der Waals surface area contributed by atoms with E-state index >= 15 is 0 Å². The number of nitrogens with two attached hydrogens (primary N) is 1. The van der Waals surface area contributed by atoms with Crippen molar-refractivity contribution in [2.24, 2.45) is 5.92 Å². The first-order valence-electron chi connectivity index (χ1n) is 6.53. The van der Waals surface area contributed by atoms with Gasteiger partial charge in [0.1, 0.15) is 0 Å². The van der Waals surface area contributed by atoms with Gasteiger partial charge in [0.05, 0.1) is 6.61 Å². The lowest BCUT2D eigenvalue weighted by Crippen LogP contribution is -2.22. The van der Waals surface area contributed by atoms with Gasteiger partial charge in [0.15, 0.2) is 0 Å². The fourth-order valence-corrected chi connectivity index (χ4v) is 2.02. The van der Waals surface area contributed by atoms with Crippen LogP contribution in [0.3, 0.4) is 0 Å². The van der Waals surface area contributed by atoms with E-state index in [1.807, 2.05) is 0 Å². The van der Waals surface area contributed by atoms with E-state index in [0.717, 1.165) is 26.1 Å². The van der Waals surface area contributed by atoms with Crippen LogP contribution >= 0.6 is 0 Å². The molecule has 0 spiro atoms. The summed E-state index contributed by atoms with van der Waals surface area (Å²) in [4.78, 5) is 12.2. The lowest BCUT2D eigenvalue weighted by molar-refractivity contribution is 0.0482. The van der Waals surface area contributed by atoms with Crippen molar-refractivity contribution in [1.82, 2.24) is 24.7 Å². The van der Waals surface area contributed by atoms with Crippen molar-refractivity contribution in [1.29, 1.82) is 0 Å². The van der Waals surface area contributed by atoms with Crippen LogP contribution in [0.25, 0.3) is 5.95 Å². The molecule has 3 heterocycles. The van der Waals surface area contributed by atoms with Crippen LogP contribution in [0.4, 0.5) is 5.95 Å². The number of hydrogen-bond acceptors (Lipinski definition) is 7. The highest BCUT2D eigenvalue weighted by atomic mass is 16.5. The van der Waals surface area contributed by atoms with Crippen LogP contribution in [-0.4, -0.2) is 44.6 Å². The second-order valence-electron chi connectivity index (χ2n) is 4.59. The molecule has 0 aromatic carbocycles. The summed E-state index contributed by atoms with van der Waals surface area (Å²) < 4.78 is 12.4. The Morgan fingerprint density at radius 2 is 2.15 bits per heavy atom. The predicted octanol–water partition coefficient (Wildman–Crippen LogP) is 0.445. The van der Waals surface area contributed by atoms with Crippen molar-refractivity contribution < 1.29 is 9.47 Å². The van der Waals surface area contributed by atoms with Gasteiger partial charge in [-0.15, -0.1) is 0 Å². The minimum atomic E-state index is 0.118. The van der Waals surface area contributed by atoms with Gasteiger partial charge in [0.25, 0.3) is 5.95 Å². The molecule has 8 heteroatoms. The van der Waals surface area contributed by atoms with Crippen molar-refractivity contribution in [3.63, 3.8) is 0 Å². The summed E-state index contributed by atoms with van der Waals surface area (Å²) in [6.07, 6.45) is 5.36. The number of nitrogen functional groups attached to an aromatic ring is 1. The second-order valence-corrected chi connectivity index (χ2v) is 4.59. The smallest absolute Gasteiger partial charge is 0.323 e. The third-order valence-electron chi connectivity index (χ3n) is 3.12. The van der Waals surface area contributed by atoms with Gasteiger partial charge in [-0.1, -0.05) is 0 Å². The van der Waals surface area contributed by atoms with E-state index in [4.69, 9.17) is 15.2 Å². The molecule has 1 aliphatic rings. The number of rotatable bonds is 4. The number of ether oxygens (including phenoxy) is 2. The highest BCUT2D eigenvalue weighted by Crippen LogP contribution is 2.16. The molecule has 0 atom stereocenters. The Bertz CT molecular complexity index is 553. The van der Waals surface area contributed by atoms with E-state index in [0.29, 0.717) is 18.5 Å². The molecular formula is C12H16N6O2. The quantitative estimate of drug-likeness (QED) is 0.864. The van der Waals surface area contributed by atoms with E-state index in [-0.39, 0.29) is 12.0 Å². The van der Waals surface area contributed by atoms with Crippen LogP contribution in [0.1, 0.15) is 12.8 Å². The monoisotopic (exact) mass is 276 g/mol. The first-order chi connectivity index (χ1) is 9.81. The predicted molar refractivity (Wildman–Crippen MR) is 70.4 cm³/mol. The van der Waals surface area contributed by atoms with Gasteiger partial charge >= 0.3 is 6.01 Å². The molecule has 0 unspecified atom stereocenters. The molecule has 8 nitrogen and oxygen atoms in total. The lowest BCUT2D eigenvalue weighted by atomic mass is 10.0. The maximum atomic E-state index is 5.67. The van der Waals surface area contributed by atoms with E-state index < -0.39 is 0 Å². The van der Waals surface area contributed by atoms with Gasteiger partial charge in [0.2, 0.25) is 5.95 Å². The Morgan fingerprint density at radius 1 is 1.30 bits per heavy atom. The number of anilines is 1. The molecule has 0 saturated carbocycles. The largest absolute Gasteiger partial charge is 0.463 e. The summed E-state index contributed by atoms with van der Waals surface area (Å²) in [6, 6.07) is 2.01. The average Bonchev–Trinajstić information content (AvgIpc) is 3.00. The Labute approximate surface area is 116 Å². The van der Waals surface area contributed by atoms with Crippen molar-refractivity contribution in [2.75, 3.05) is 25.6 Å². The summed E-state index contributed by atoms with van der Waals surface area (Å²) in [5, 5.41) is 4.05. The second kappa shape index (κ2) is 5.83. The van der Waals surface area contributed by atoms with Crippen LogP contribution < -0.4 is 10.5 Å². The van der Waals surface area contributed by atoms with Crippen LogP contribution in [-0.2, 0) is 4.74 Å². The molecule has 2 aromatic heterocycles. The van der Waals surface area contributed by atoms with E-state index in [2.05, 4.69) is 20.1 Å². The van der Waals surface area contributed by atoms with Crippen LogP contribution in [0, 0.1) is 5.92 Å². The van der Waals surface area contributed by atoms with Gasteiger partial charge < -0.3 is 15.2 Å². The fourth-order valence-electron chi connectivity index (χ4n) is 2.02. The Balaban J connectivity index is 1.69. The molecule has 2 N–H and O–H groups in total. The SMILES string of the molecule is Nc1nc(OCC2CCOCC2)nc(-n2cccn2)n1. The van der Waals surface area contributed by atoms with Crippen LogP contribution in [0.2, 0.25) is 0 Å². The maximum absolute atomic E-state index is 5.67. The molecule has 3 rings (SSSR count). The Hall–Kier alpha value is -2.22. The molecule has 1 aliphatic heterocycles. The first-order valence-corrected chi connectivity index (χ1v) is 6.53. The van der Waals surface area contributed by atoms with E-state index in [9.17, 15) is 0 Å². The molecule has 1 saturated heterocycles. The van der Waals surface area contributed by atoms with Crippen molar-refractivity contribution >= 4 is 5.95 Å². The highest BCUT2D eigenvalue weighted by molar-refractivity contribution is 5.24. The van der Waals surface area contributed by atoms with Crippen LogP contribution in [0.15, 0.2) is 18.5 Å². The fraction of sp³-hybridized carbons (Fsp3) is 0.500. The zero-order chi connectivity index (χ0) is 13.8.